The van der Waals surface area contributed by atoms with E-state index in [1.807, 2.05) is 0 Å². The molecule has 29 heavy (non-hydrogen) atoms. The maximum absolute atomic E-state index is 12.6. The van der Waals surface area contributed by atoms with Gasteiger partial charge < -0.3 is 19.5 Å². The van der Waals surface area contributed by atoms with E-state index >= 15 is 0 Å². The number of para-hydroxylation sites is 1. The Bertz CT molecular complexity index is 889. The van der Waals surface area contributed by atoms with E-state index in [1.165, 1.54) is 32.4 Å². The average molecular weight is 423 g/mol. The minimum Gasteiger partial charge on any atom is -0.497 e. The number of nitrogens with one attached hydrogen (secondary N) is 1. The van der Waals surface area contributed by atoms with E-state index in [4.69, 9.17) is 14.2 Å². The molecular weight excluding hydrogens is 404 g/mol. The van der Waals surface area contributed by atoms with Crippen molar-refractivity contribution in [2.75, 3.05) is 26.1 Å². The van der Waals surface area contributed by atoms with E-state index in [1.54, 1.807) is 30.3 Å². The lowest BCUT2D eigenvalue weighted by atomic mass is 10.1. The number of alkyl halides is 2. The number of esters is 1. The molecule has 0 aromatic heterocycles. The van der Waals surface area contributed by atoms with Crippen LogP contribution in [-0.2, 0) is 14.3 Å². The SMILES string of the molecule is COc1ccc(OC)c(/C=C/C(=O)OCC(=O)Nc2ccccc2SC(F)F)c1. The third-order valence-corrected chi connectivity index (χ3v) is 4.35. The Morgan fingerprint density at radius 3 is 2.59 bits per heavy atom. The molecule has 6 nitrogen and oxygen atoms in total. The fourth-order valence-electron chi connectivity index (χ4n) is 2.27. The van der Waals surface area contributed by atoms with Crippen molar-refractivity contribution in [3.63, 3.8) is 0 Å². The van der Waals surface area contributed by atoms with Crippen LogP contribution in [0.1, 0.15) is 5.56 Å². The molecule has 0 saturated heterocycles. The summed E-state index contributed by atoms with van der Waals surface area (Å²) in [6.07, 6.45) is 2.61. The van der Waals surface area contributed by atoms with Crippen LogP contribution in [0.4, 0.5) is 14.5 Å². The van der Waals surface area contributed by atoms with E-state index < -0.39 is 24.2 Å². The summed E-state index contributed by atoms with van der Waals surface area (Å²) in [4.78, 5) is 24.1. The van der Waals surface area contributed by atoms with Crippen LogP contribution in [0, 0.1) is 0 Å². The summed E-state index contributed by atoms with van der Waals surface area (Å²) in [5, 5.41) is 2.45. The highest BCUT2D eigenvalue weighted by molar-refractivity contribution is 7.99. The second-order valence-corrected chi connectivity index (χ2v) is 6.50. The smallest absolute Gasteiger partial charge is 0.331 e. The van der Waals surface area contributed by atoms with Crippen molar-refractivity contribution in [2.45, 2.75) is 10.7 Å². The van der Waals surface area contributed by atoms with Gasteiger partial charge in [0.25, 0.3) is 11.7 Å². The van der Waals surface area contributed by atoms with Crippen LogP contribution in [0.25, 0.3) is 6.08 Å². The second kappa shape index (κ2) is 11.1. The molecule has 0 spiro atoms. The first-order chi connectivity index (χ1) is 13.9. The summed E-state index contributed by atoms with van der Waals surface area (Å²) in [5.74, 6) is -2.91. The molecule has 0 radical (unpaired) electrons. The first-order valence-electron chi connectivity index (χ1n) is 8.33. The van der Waals surface area contributed by atoms with Gasteiger partial charge in [-0.15, -0.1) is 0 Å². The van der Waals surface area contributed by atoms with Crippen LogP contribution >= 0.6 is 11.8 Å². The van der Waals surface area contributed by atoms with Crippen LogP contribution in [0.5, 0.6) is 11.5 Å². The first kappa shape index (κ1) is 22.2. The molecule has 154 valence electrons. The van der Waals surface area contributed by atoms with Crippen LogP contribution in [-0.4, -0.2) is 38.5 Å². The van der Waals surface area contributed by atoms with Crippen molar-refractivity contribution < 1.29 is 32.6 Å². The number of thioether (sulfide) groups is 1. The summed E-state index contributed by atoms with van der Waals surface area (Å²) >= 11 is 0.315. The molecule has 0 saturated carbocycles. The summed E-state index contributed by atoms with van der Waals surface area (Å²) in [5.41, 5.74) is 0.807. The van der Waals surface area contributed by atoms with Gasteiger partial charge in [-0.25, -0.2) is 4.79 Å². The van der Waals surface area contributed by atoms with Crippen molar-refractivity contribution in [2.24, 2.45) is 0 Å². The summed E-state index contributed by atoms with van der Waals surface area (Å²) in [7, 11) is 3.01. The molecule has 0 heterocycles. The lowest BCUT2D eigenvalue weighted by Gasteiger charge is -2.10. The Balaban J connectivity index is 1.93. The van der Waals surface area contributed by atoms with Crippen molar-refractivity contribution in [1.82, 2.24) is 0 Å². The molecule has 0 bridgehead atoms. The third-order valence-electron chi connectivity index (χ3n) is 3.56. The second-order valence-electron chi connectivity index (χ2n) is 5.47. The zero-order valence-corrected chi connectivity index (χ0v) is 16.5. The molecule has 0 atom stereocenters. The fraction of sp³-hybridized carbons (Fsp3) is 0.200. The molecule has 0 aliphatic heterocycles. The highest BCUT2D eigenvalue weighted by atomic mass is 32.2. The topological polar surface area (TPSA) is 73.9 Å². The van der Waals surface area contributed by atoms with E-state index in [0.29, 0.717) is 28.8 Å². The minimum atomic E-state index is -2.62. The molecule has 2 aromatic rings. The molecule has 0 unspecified atom stereocenters. The van der Waals surface area contributed by atoms with Crippen molar-refractivity contribution >= 4 is 35.4 Å². The van der Waals surface area contributed by atoms with Crippen molar-refractivity contribution in [3.05, 3.63) is 54.1 Å². The number of ether oxygens (including phenoxy) is 3. The van der Waals surface area contributed by atoms with Gasteiger partial charge in [0, 0.05) is 16.5 Å². The molecule has 1 N–H and O–H groups in total. The number of carbonyl (C=O) groups excluding carboxylic acids is 2. The predicted molar refractivity (Wildman–Crippen MR) is 106 cm³/mol. The predicted octanol–water partition coefficient (Wildman–Crippen LogP) is 4.21. The van der Waals surface area contributed by atoms with Gasteiger partial charge in [0.2, 0.25) is 0 Å². The Kier molecular flexibility index (Phi) is 8.47. The molecule has 2 aromatic carbocycles. The molecule has 0 aliphatic rings. The van der Waals surface area contributed by atoms with Gasteiger partial charge in [0.15, 0.2) is 6.61 Å². The lowest BCUT2D eigenvalue weighted by molar-refractivity contribution is -0.142. The van der Waals surface area contributed by atoms with E-state index in [9.17, 15) is 18.4 Å². The highest BCUT2D eigenvalue weighted by Crippen LogP contribution is 2.31. The molecule has 9 heteroatoms. The van der Waals surface area contributed by atoms with Gasteiger partial charge in [-0.05, 0) is 36.4 Å². The number of anilines is 1. The van der Waals surface area contributed by atoms with Gasteiger partial charge in [-0.3, -0.25) is 4.79 Å². The summed E-state index contributed by atoms with van der Waals surface area (Å²) in [6, 6.07) is 11.2. The Morgan fingerprint density at radius 2 is 1.90 bits per heavy atom. The third kappa shape index (κ3) is 7.11. The Morgan fingerprint density at radius 1 is 1.14 bits per heavy atom. The number of rotatable bonds is 9. The van der Waals surface area contributed by atoms with E-state index in [-0.39, 0.29) is 10.6 Å². The zero-order chi connectivity index (χ0) is 21.2. The van der Waals surface area contributed by atoms with Crippen LogP contribution in [0.3, 0.4) is 0 Å². The molecule has 2 rings (SSSR count). The average Bonchev–Trinajstić information content (AvgIpc) is 2.71. The number of carbonyl (C=O) groups is 2. The van der Waals surface area contributed by atoms with Crippen LogP contribution in [0.15, 0.2) is 53.4 Å². The number of methoxy groups -OCH3 is 2. The first-order valence-corrected chi connectivity index (χ1v) is 9.21. The van der Waals surface area contributed by atoms with Gasteiger partial charge in [-0.1, -0.05) is 23.9 Å². The van der Waals surface area contributed by atoms with Gasteiger partial charge in [-0.2, -0.15) is 8.78 Å². The monoisotopic (exact) mass is 423 g/mol. The molecular formula is C20H19F2NO5S. The Hall–Kier alpha value is -3.07. The summed E-state index contributed by atoms with van der Waals surface area (Å²) < 4.78 is 40.4. The number of benzene rings is 2. The van der Waals surface area contributed by atoms with Crippen molar-refractivity contribution in [1.29, 1.82) is 0 Å². The van der Waals surface area contributed by atoms with Crippen LogP contribution in [0.2, 0.25) is 0 Å². The molecule has 1 amide bonds. The quantitative estimate of drug-likeness (QED) is 0.370. The number of amides is 1. The highest BCUT2D eigenvalue weighted by Gasteiger charge is 2.12. The van der Waals surface area contributed by atoms with Crippen molar-refractivity contribution in [3.8, 4) is 11.5 Å². The van der Waals surface area contributed by atoms with Crippen LogP contribution < -0.4 is 14.8 Å². The molecule has 0 fully saturated rings. The standard InChI is InChI=1S/C20H19F2NO5S/c1-26-14-8-9-16(27-2)13(11-14)7-10-19(25)28-12-18(24)23-15-5-3-4-6-17(15)29-20(21)22/h3-11,20H,12H2,1-2H3,(H,23,24)/b10-7+. The Labute approximate surface area is 170 Å². The van der Waals surface area contributed by atoms with E-state index in [0.717, 1.165) is 6.08 Å². The van der Waals surface area contributed by atoms with Gasteiger partial charge in [0.1, 0.15) is 11.5 Å². The van der Waals surface area contributed by atoms with Gasteiger partial charge >= 0.3 is 5.97 Å². The largest absolute Gasteiger partial charge is 0.497 e. The number of halogens is 2. The number of hydrogen-bond acceptors (Lipinski definition) is 6. The summed E-state index contributed by atoms with van der Waals surface area (Å²) in [6.45, 7) is -0.563. The zero-order valence-electron chi connectivity index (χ0n) is 15.7. The molecule has 0 aliphatic carbocycles. The fourth-order valence-corrected chi connectivity index (χ4v) is 2.86. The van der Waals surface area contributed by atoms with Gasteiger partial charge in [0.05, 0.1) is 19.9 Å². The van der Waals surface area contributed by atoms with E-state index in [2.05, 4.69) is 5.32 Å². The normalized spacial score (nSPS) is 10.8. The minimum absolute atomic E-state index is 0.215. The maximum atomic E-state index is 12.6. The number of hydrogen-bond donors (Lipinski definition) is 1. The lowest BCUT2D eigenvalue weighted by Crippen LogP contribution is -2.20. The maximum Gasteiger partial charge on any atom is 0.331 e.